The predicted octanol–water partition coefficient (Wildman–Crippen LogP) is 4.02. The van der Waals surface area contributed by atoms with Crippen LogP contribution in [0.2, 0.25) is 0 Å². The third kappa shape index (κ3) is 8.08. The molecule has 4 aromatic rings. The topological polar surface area (TPSA) is 195 Å². The van der Waals surface area contributed by atoms with Crippen LogP contribution in [0.3, 0.4) is 0 Å². The van der Waals surface area contributed by atoms with E-state index in [4.69, 9.17) is 14.9 Å². The van der Waals surface area contributed by atoms with E-state index in [2.05, 4.69) is 20.3 Å². The fourth-order valence-electron chi connectivity index (χ4n) is 7.69. The largest absolute Gasteiger partial charge is 0.497 e. The third-order valence-corrected chi connectivity index (χ3v) is 13.8. The number of sulfonamides is 1. The highest BCUT2D eigenvalue weighted by molar-refractivity contribution is 7.91. The van der Waals surface area contributed by atoms with E-state index in [0.717, 1.165) is 18.4 Å². The highest BCUT2D eigenvalue weighted by Crippen LogP contribution is 2.46. The summed E-state index contributed by atoms with van der Waals surface area (Å²) in [4.78, 5) is 64.1. The molecule has 2 aromatic heterocycles. The third-order valence-electron chi connectivity index (χ3n) is 11.2. The maximum Gasteiger partial charge on any atom is 0.259 e. The van der Waals surface area contributed by atoms with Crippen molar-refractivity contribution in [2.75, 3.05) is 13.7 Å². The molecule has 2 aliphatic heterocycles. The number of aromatic nitrogens is 4. The van der Waals surface area contributed by atoms with Crippen LogP contribution >= 0.6 is 11.3 Å². The normalized spacial score (nSPS) is 25.9. The molecule has 57 heavy (non-hydrogen) atoms. The standard InChI is InChI=1S/C40H44N8O7S2/c1-55-29-16-14-25(15-17-29)33-34(37-41-20-21-56-37)45-48(44-33)28-22-32-36(50)43-40(39(52)46-57(53,54)30-18-19-30)23-27(40)12-8-3-2-4-9-13-31(38(51)47(32)24-28)42-35(49)26-10-6-5-7-11-26/h5-8,10-12,14-17,20-21,27-28,30-32H,2-4,9,13,18-19,22-24H2,1H3,(H,42,49)(H,43,50)(H,46,52)/b12-8+/t27-,28-,31-,32+,40-/m1/s1. The smallest absolute Gasteiger partial charge is 0.259 e. The van der Waals surface area contributed by atoms with Gasteiger partial charge in [0.05, 0.1) is 18.4 Å². The van der Waals surface area contributed by atoms with E-state index in [1.807, 2.05) is 41.8 Å². The van der Waals surface area contributed by atoms with Gasteiger partial charge in [-0.05, 0) is 74.9 Å². The SMILES string of the molecule is COc1ccc(-c2nn([C@@H]3C[C@H]4C(=O)N[C@]5(C(=O)NS(=O)(=O)C6CC6)C[C@H]5/C=C/CCCCC[C@@H](NC(=O)c5ccccc5)C(=O)N4C3)nc2-c2nccs2)cc1. The van der Waals surface area contributed by atoms with Crippen molar-refractivity contribution >= 4 is 45.0 Å². The highest BCUT2D eigenvalue weighted by atomic mass is 32.2. The first kappa shape index (κ1) is 38.5. The summed E-state index contributed by atoms with van der Waals surface area (Å²) >= 11 is 1.40. The quantitative estimate of drug-likeness (QED) is 0.208. The minimum absolute atomic E-state index is 0.0290. The van der Waals surface area contributed by atoms with Gasteiger partial charge in [0.25, 0.3) is 11.8 Å². The zero-order chi connectivity index (χ0) is 39.7. The van der Waals surface area contributed by atoms with Crippen molar-refractivity contribution in [1.82, 2.24) is 40.2 Å². The average Bonchev–Trinajstić information content (AvgIpc) is 3.97. The Morgan fingerprint density at radius 1 is 0.982 bits per heavy atom. The van der Waals surface area contributed by atoms with Gasteiger partial charge in [-0.2, -0.15) is 9.90 Å². The van der Waals surface area contributed by atoms with E-state index in [9.17, 15) is 27.6 Å². The van der Waals surface area contributed by atoms with Crippen LogP contribution < -0.4 is 20.1 Å². The van der Waals surface area contributed by atoms with E-state index in [1.54, 1.807) is 43.6 Å². The van der Waals surface area contributed by atoms with E-state index in [-0.39, 0.29) is 19.4 Å². The Kier molecular flexibility index (Phi) is 10.7. The fourth-order valence-corrected chi connectivity index (χ4v) is 9.68. The summed E-state index contributed by atoms with van der Waals surface area (Å²) < 4.78 is 33.4. The van der Waals surface area contributed by atoms with Crippen molar-refractivity contribution in [2.24, 2.45) is 5.92 Å². The number of hydrogen-bond donors (Lipinski definition) is 3. The second-order valence-corrected chi connectivity index (χ2v) is 17.9. The number of allylic oxidation sites excluding steroid dienone is 1. The molecule has 1 saturated heterocycles. The molecule has 17 heteroatoms. The number of nitrogens with one attached hydrogen (secondary N) is 3. The molecule has 4 aliphatic rings. The number of carbonyl (C=O) groups is 4. The molecular formula is C40H44N8O7S2. The molecule has 0 unspecified atom stereocenters. The molecule has 2 saturated carbocycles. The predicted molar refractivity (Wildman–Crippen MR) is 211 cm³/mol. The summed E-state index contributed by atoms with van der Waals surface area (Å²) in [6.45, 7) is 0.0290. The monoisotopic (exact) mass is 812 g/mol. The van der Waals surface area contributed by atoms with Crippen molar-refractivity contribution < 1.29 is 32.3 Å². The first-order valence-electron chi connectivity index (χ1n) is 19.3. The van der Waals surface area contributed by atoms with Gasteiger partial charge < -0.3 is 20.3 Å². The number of nitrogens with zero attached hydrogens (tertiary/aromatic N) is 5. The number of thiazole rings is 1. The van der Waals surface area contributed by atoms with Crippen LogP contribution in [0.1, 0.15) is 74.2 Å². The van der Waals surface area contributed by atoms with Gasteiger partial charge in [-0.3, -0.25) is 23.9 Å². The zero-order valence-corrected chi connectivity index (χ0v) is 33.0. The molecule has 0 bridgehead atoms. The molecule has 5 atom stereocenters. The molecule has 15 nitrogen and oxygen atoms in total. The molecule has 4 heterocycles. The molecule has 3 N–H and O–H groups in total. The van der Waals surface area contributed by atoms with Crippen LogP contribution in [-0.2, 0) is 24.4 Å². The first-order valence-corrected chi connectivity index (χ1v) is 21.7. The number of carbonyl (C=O) groups excluding carboxylic acids is 4. The lowest BCUT2D eigenvalue weighted by atomic mass is 10.0. The number of fused-ring (bicyclic) bond motifs is 2. The van der Waals surface area contributed by atoms with Crippen LogP contribution in [0.5, 0.6) is 5.75 Å². The summed E-state index contributed by atoms with van der Waals surface area (Å²) in [5.41, 5.74) is 0.742. The summed E-state index contributed by atoms with van der Waals surface area (Å²) in [6.07, 6.45) is 10.0. The van der Waals surface area contributed by atoms with Gasteiger partial charge in [0.15, 0.2) is 0 Å². The van der Waals surface area contributed by atoms with Crippen molar-refractivity contribution in [2.45, 2.75) is 86.7 Å². The molecule has 8 rings (SSSR count). The number of benzene rings is 2. The zero-order valence-electron chi connectivity index (χ0n) is 31.4. The average molecular weight is 813 g/mol. The number of rotatable bonds is 9. The van der Waals surface area contributed by atoms with E-state index < -0.39 is 68.5 Å². The molecule has 298 valence electrons. The summed E-state index contributed by atoms with van der Waals surface area (Å²) in [5, 5.41) is 17.5. The summed E-state index contributed by atoms with van der Waals surface area (Å²) in [6, 6.07) is 13.4. The molecule has 0 spiro atoms. The summed E-state index contributed by atoms with van der Waals surface area (Å²) in [5.74, 6) is -2.00. The lowest BCUT2D eigenvalue weighted by Crippen LogP contribution is -2.58. The van der Waals surface area contributed by atoms with Gasteiger partial charge in [-0.1, -0.05) is 43.2 Å². The van der Waals surface area contributed by atoms with E-state index in [0.29, 0.717) is 59.8 Å². The second kappa shape index (κ2) is 15.8. The van der Waals surface area contributed by atoms with E-state index >= 15 is 0 Å². The molecule has 2 aromatic carbocycles. The molecule has 0 radical (unpaired) electrons. The Bertz CT molecular complexity index is 2280. The molecule has 3 fully saturated rings. The maximum absolute atomic E-state index is 14.8. The lowest BCUT2D eigenvalue weighted by Gasteiger charge is -2.30. The fraction of sp³-hybridized carbons (Fsp3) is 0.425. The number of amides is 4. The second-order valence-electron chi connectivity index (χ2n) is 15.1. The van der Waals surface area contributed by atoms with Crippen molar-refractivity contribution in [3.63, 3.8) is 0 Å². The van der Waals surface area contributed by atoms with Crippen LogP contribution in [0.4, 0.5) is 0 Å². The van der Waals surface area contributed by atoms with Gasteiger partial charge >= 0.3 is 0 Å². The Balaban J connectivity index is 1.14. The van der Waals surface area contributed by atoms with Crippen LogP contribution in [0.15, 0.2) is 78.3 Å². The maximum atomic E-state index is 14.8. The number of ether oxygens (including phenoxy) is 1. The molecular weight excluding hydrogens is 769 g/mol. The number of hydrogen-bond acceptors (Lipinski definition) is 11. The van der Waals surface area contributed by atoms with Crippen LogP contribution in [0.25, 0.3) is 22.0 Å². The Labute approximate surface area is 334 Å². The van der Waals surface area contributed by atoms with Gasteiger partial charge in [-0.15, -0.1) is 16.4 Å². The van der Waals surface area contributed by atoms with Gasteiger partial charge in [-0.25, -0.2) is 13.4 Å². The van der Waals surface area contributed by atoms with Gasteiger partial charge in [0.1, 0.15) is 39.8 Å². The highest BCUT2D eigenvalue weighted by Gasteiger charge is 2.62. The number of methoxy groups -OCH3 is 1. The van der Waals surface area contributed by atoms with Crippen molar-refractivity contribution in [3.8, 4) is 27.7 Å². The van der Waals surface area contributed by atoms with E-state index in [1.165, 1.54) is 21.0 Å². The Hall–Kier alpha value is -5.42. The van der Waals surface area contributed by atoms with Crippen molar-refractivity contribution in [1.29, 1.82) is 0 Å². The van der Waals surface area contributed by atoms with Gasteiger partial charge in [0, 0.05) is 41.6 Å². The minimum Gasteiger partial charge on any atom is -0.497 e. The van der Waals surface area contributed by atoms with Crippen molar-refractivity contribution in [3.05, 3.63) is 83.9 Å². The van der Waals surface area contributed by atoms with Gasteiger partial charge in [0.2, 0.25) is 21.8 Å². The first-order chi connectivity index (χ1) is 27.6. The van der Waals surface area contributed by atoms with Crippen LogP contribution in [0, 0.1) is 5.92 Å². The minimum atomic E-state index is -3.90. The lowest BCUT2D eigenvalue weighted by molar-refractivity contribution is -0.141. The Morgan fingerprint density at radius 2 is 1.75 bits per heavy atom. The van der Waals surface area contributed by atoms with Crippen LogP contribution in [-0.4, -0.2) is 93.5 Å². The summed E-state index contributed by atoms with van der Waals surface area (Å²) in [7, 11) is -2.32. The molecule has 2 aliphatic carbocycles. The molecule has 4 amide bonds. The Morgan fingerprint density at radius 3 is 2.47 bits per heavy atom.